The zero-order valence-electron chi connectivity index (χ0n) is 55.7. The fourth-order valence-electron chi connectivity index (χ4n) is 10.4. The molecule has 0 saturated carbocycles. The van der Waals surface area contributed by atoms with Crippen LogP contribution in [0.1, 0.15) is 342 Å². The Morgan fingerprint density at radius 1 is 0.422 bits per heavy atom. The summed E-state index contributed by atoms with van der Waals surface area (Å²) in [5, 5.41) is 3.04. The van der Waals surface area contributed by atoms with Gasteiger partial charge in [0.05, 0.1) is 33.8 Å². The molecule has 0 rings (SSSR count). The van der Waals surface area contributed by atoms with Crippen molar-refractivity contribution >= 4 is 19.7 Å². The third-order valence-electron chi connectivity index (χ3n) is 15.9. The summed E-state index contributed by atoms with van der Waals surface area (Å²) in [7, 11) is 1.19. The van der Waals surface area contributed by atoms with Crippen LogP contribution in [0.3, 0.4) is 0 Å². The molecule has 0 aliphatic carbocycles. The number of allylic oxidation sites excluding steroid dienone is 9. The van der Waals surface area contributed by atoms with Crippen LogP contribution in [0.5, 0.6) is 0 Å². The Balaban J connectivity index is 4.98. The smallest absolute Gasteiger partial charge is 0.306 e. The van der Waals surface area contributed by atoms with E-state index in [0.717, 1.165) is 70.6 Å². The van der Waals surface area contributed by atoms with Gasteiger partial charge in [0.15, 0.2) is 0 Å². The molecule has 0 radical (unpaired) electrons. The van der Waals surface area contributed by atoms with Crippen LogP contribution in [0.15, 0.2) is 60.8 Å². The minimum absolute atomic E-state index is 0.0224. The highest BCUT2D eigenvalue weighted by atomic mass is 31.2. The van der Waals surface area contributed by atoms with Crippen LogP contribution < -0.4 is 10.2 Å². The summed E-state index contributed by atoms with van der Waals surface area (Å²) in [6, 6.07) is -0.890. The van der Waals surface area contributed by atoms with E-state index in [2.05, 4.69) is 74.7 Å². The van der Waals surface area contributed by atoms with E-state index in [9.17, 15) is 19.0 Å². The van der Waals surface area contributed by atoms with Gasteiger partial charge < -0.3 is 28.5 Å². The molecule has 10 heteroatoms. The Morgan fingerprint density at radius 2 is 0.735 bits per heavy atom. The molecular weight excluding hydrogens is 1050 g/mol. The van der Waals surface area contributed by atoms with Crippen LogP contribution in [0.2, 0.25) is 0 Å². The minimum Gasteiger partial charge on any atom is -0.756 e. The number of ether oxygens (including phenoxy) is 1. The highest BCUT2D eigenvalue weighted by molar-refractivity contribution is 7.45. The molecule has 0 aliphatic heterocycles. The maximum atomic E-state index is 13.6. The monoisotopic (exact) mass is 1190 g/mol. The maximum Gasteiger partial charge on any atom is 0.306 e. The first kappa shape index (κ1) is 80.7. The molecule has 1 N–H and O–H groups in total. The summed E-state index contributed by atoms with van der Waals surface area (Å²) in [5.74, 6) is -0.532. The summed E-state index contributed by atoms with van der Waals surface area (Å²) >= 11 is 0. The highest BCUT2D eigenvalue weighted by Gasteiger charge is 2.27. The van der Waals surface area contributed by atoms with Crippen molar-refractivity contribution in [3.63, 3.8) is 0 Å². The van der Waals surface area contributed by atoms with Gasteiger partial charge in [0.2, 0.25) is 5.91 Å². The maximum absolute atomic E-state index is 13.6. The van der Waals surface area contributed by atoms with Gasteiger partial charge in [0.1, 0.15) is 19.3 Å². The van der Waals surface area contributed by atoms with Crippen LogP contribution in [0.4, 0.5) is 0 Å². The first-order valence-corrected chi connectivity index (χ1v) is 37.1. The van der Waals surface area contributed by atoms with E-state index in [4.69, 9.17) is 13.8 Å². The van der Waals surface area contributed by atoms with Crippen molar-refractivity contribution < 1.29 is 37.3 Å². The van der Waals surface area contributed by atoms with Crippen LogP contribution in [0.25, 0.3) is 0 Å². The zero-order valence-corrected chi connectivity index (χ0v) is 56.6. The fourth-order valence-corrected chi connectivity index (χ4v) is 11.1. The van der Waals surface area contributed by atoms with Crippen LogP contribution >= 0.6 is 7.82 Å². The van der Waals surface area contributed by atoms with Crippen LogP contribution in [-0.4, -0.2) is 69.4 Å². The van der Waals surface area contributed by atoms with Crippen LogP contribution in [-0.2, 0) is 27.9 Å². The van der Waals surface area contributed by atoms with Gasteiger partial charge in [-0.05, 0) is 96.0 Å². The molecular formula is C73H137N2O7P. The van der Waals surface area contributed by atoms with E-state index in [-0.39, 0.29) is 31.5 Å². The summed E-state index contributed by atoms with van der Waals surface area (Å²) < 4.78 is 30.4. The Hall–Kier alpha value is -2.29. The fraction of sp³-hybridized carbons (Fsp3) is 0.836. The quantitative estimate of drug-likeness (QED) is 0.0212. The van der Waals surface area contributed by atoms with E-state index < -0.39 is 20.0 Å². The van der Waals surface area contributed by atoms with Crippen molar-refractivity contribution in [3.8, 4) is 0 Å². The van der Waals surface area contributed by atoms with Gasteiger partial charge in [0, 0.05) is 12.8 Å². The Labute approximate surface area is 515 Å². The average Bonchev–Trinajstić information content (AvgIpc) is 3.51. The second-order valence-electron chi connectivity index (χ2n) is 25.4. The minimum atomic E-state index is -4.70. The predicted molar refractivity (Wildman–Crippen MR) is 358 cm³/mol. The summed E-state index contributed by atoms with van der Waals surface area (Å²) in [4.78, 5) is 40.1. The molecule has 486 valence electrons. The molecule has 0 saturated heterocycles. The number of rotatable bonds is 65. The molecule has 0 aromatic carbocycles. The first-order valence-electron chi connectivity index (χ1n) is 35.6. The standard InChI is InChI=1S/C73H137N2O7P/c1-7-10-13-16-19-22-25-27-29-31-33-34-35-36-37-38-39-40-42-43-45-47-50-53-56-59-62-65-72(76)74-70(69-81-83(78,79)80-68-67-75(4,5)6)71(64-61-58-55-52-49-24-21-18-15-12-9-3)82-73(77)66-63-60-57-54-51-48-46-44-41-32-30-28-26-23-20-17-14-11-8-2/h19,22,27-30,33-34,61,64,70-71H,7-18,20-21,23-26,31-32,35-60,62-63,65-69H2,1-6H3,(H-,74,76,78,79)/b22-19-,29-27-,30-28+,34-33-,64-61-. The van der Waals surface area contributed by atoms with E-state index in [0.29, 0.717) is 17.4 Å². The molecule has 0 aliphatic rings. The number of nitrogens with one attached hydrogen (secondary N) is 1. The number of carbonyl (C=O) groups excluding carboxylic acids is 2. The lowest BCUT2D eigenvalue weighted by molar-refractivity contribution is -0.870. The average molecular weight is 1190 g/mol. The van der Waals surface area contributed by atoms with Gasteiger partial charge >= 0.3 is 5.97 Å². The Morgan fingerprint density at radius 3 is 1.13 bits per heavy atom. The highest BCUT2D eigenvalue weighted by Crippen LogP contribution is 2.38. The number of likely N-dealkylation sites (N-methyl/N-ethyl adjacent to an activating group) is 1. The Bertz CT molecular complexity index is 1600. The number of amides is 1. The van der Waals surface area contributed by atoms with Crippen molar-refractivity contribution in [2.75, 3.05) is 40.9 Å². The van der Waals surface area contributed by atoms with E-state index in [1.807, 2.05) is 33.3 Å². The van der Waals surface area contributed by atoms with Crippen molar-refractivity contribution in [2.24, 2.45) is 0 Å². The zero-order chi connectivity index (χ0) is 60.7. The number of phosphoric ester groups is 1. The molecule has 3 atom stereocenters. The topological polar surface area (TPSA) is 114 Å². The second kappa shape index (κ2) is 62.8. The normalized spacial score (nSPS) is 13.9. The van der Waals surface area contributed by atoms with Crippen molar-refractivity contribution in [3.05, 3.63) is 60.8 Å². The molecule has 1 amide bonds. The van der Waals surface area contributed by atoms with Gasteiger partial charge in [-0.3, -0.25) is 14.2 Å². The summed E-state index contributed by atoms with van der Waals surface area (Å²) in [6.07, 6.45) is 80.6. The number of esters is 1. The van der Waals surface area contributed by atoms with Gasteiger partial charge in [-0.15, -0.1) is 0 Å². The molecule has 0 fully saturated rings. The molecule has 0 aromatic rings. The lowest BCUT2D eigenvalue weighted by Crippen LogP contribution is -2.47. The van der Waals surface area contributed by atoms with Crippen molar-refractivity contribution in [2.45, 2.75) is 354 Å². The Kier molecular flexibility index (Phi) is 61.0. The van der Waals surface area contributed by atoms with Crippen LogP contribution in [0, 0.1) is 0 Å². The van der Waals surface area contributed by atoms with E-state index in [1.54, 1.807) is 0 Å². The van der Waals surface area contributed by atoms with E-state index in [1.165, 1.54) is 238 Å². The number of carbonyl (C=O) groups is 2. The molecule has 83 heavy (non-hydrogen) atoms. The third-order valence-corrected chi connectivity index (χ3v) is 16.9. The van der Waals surface area contributed by atoms with Gasteiger partial charge in [-0.1, -0.05) is 294 Å². The molecule has 0 spiro atoms. The number of nitrogens with zero attached hydrogens (tertiary/aromatic N) is 1. The number of quaternary nitrogens is 1. The SMILES string of the molecule is CCCCC/C=C\C/C=C\C/C=C\CCCCCCCCCCCCCCCCC(=O)NC(COP(=O)([O-])OCC[N+](C)(C)C)C(/C=C\CCCCCCCCCCC)OC(=O)CCCCCCCCCCC/C=C/CCCCCCCC. The molecule has 0 aromatic heterocycles. The largest absolute Gasteiger partial charge is 0.756 e. The summed E-state index contributed by atoms with van der Waals surface area (Å²) in [5.41, 5.74) is 0. The third kappa shape index (κ3) is 64.0. The van der Waals surface area contributed by atoms with Gasteiger partial charge in [0.25, 0.3) is 7.82 Å². The first-order chi connectivity index (χ1) is 40.4. The second-order valence-corrected chi connectivity index (χ2v) is 26.8. The van der Waals surface area contributed by atoms with E-state index >= 15 is 0 Å². The predicted octanol–water partition coefficient (Wildman–Crippen LogP) is 21.9. The number of hydrogen-bond acceptors (Lipinski definition) is 7. The molecule has 0 bridgehead atoms. The number of unbranched alkanes of at least 4 members (excludes halogenated alkanes) is 41. The molecule has 9 nitrogen and oxygen atoms in total. The summed E-state index contributed by atoms with van der Waals surface area (Å²) in [6.45, 7) is 6.84. The van der Waals surface area contributed by atoms with Gasteiger partial charge in [-0.2, -0.15) is 0 Å². The van der Waals surface area contributed by atoms with Crippen molar-refractivity contribution in [1.82, 2.24) is 5.32 Å². The van der Waals surface area contributed by atoms with Gasteiger partial charge in [-0.25, -0.2) is 0 Å². The molecule has 3 unspecified atom stereocenters. The lowest BCUT2D eigenvalue weighted by Gasteiger charge is -2.30. The van der Waals surface area contributed by atoms with Crippen molar-refractivity contribution in [1.29, 1.82) is 0 Å². The number of phosphoric acid groups is 1. The lowest BCUT2D eigenvalue weighted by atomic mass is 10.0. The number of hydrogen-bond donors (Lipinski definition) is 1. The molecule has 0 heterocycles.